The van der Waals surface area contributed by atoms with Gasteiger partial charge in [0.15, 0.2) is 0 Å². The summed E-state index contributed by atoms with van der Waals surface area (Å²) in [5, 5.41) is 3.46. The van der Waals surface area contributed by atoms with Crippen molar-refractivity contribution in [3.63, 3.8) is 0 Å². The van der Waals surface area contributed by atoms with Gasteiger partial charge in [0.2, 0.25) is 5.91 Å². The standard InChI is InChI=1S/C16H23BrN2O/c1-11(14-6-4-5-7-15(14)17)8-16(20)19-9-12(2)18-13(3)10-19/h4-7,11-13,18H,8-10H2,1-3H3/t11-,12-,13+/m1/s1. The van der Waals surface area contributed by atoms with Gasteiger partial charge >= 0.3 is 0 Å². The van der Waals surface area contributed by atoms with Gasteiger partial charge in [0.05, 0.1) is 0 Å². The van der Waals surface area contributed by atoms with Gasteiger partial charge in [0, 0.05) is 36.1 Å². The van der Waals surface area contributed by atoms with E-state index >= 15 is 0 Å². The zero-order valence-electron chi connectivity index (χ0n) is 12.4. The Morgan fingerprint density at radius 3 is 2.55 bits per heavy atom. The highest BCUT2D eigenvalue weighted by molar-refractivity contribution is 9.10. The van der Waals surface area contributed by atoms with Crippen molar-refractivity contribution in [3.8, 4) is 0 Å². The lowest BCUT2D eigenvalue weighted by molar-refractivity contribution is -0.133. The van der Waals surface area contributed by atoms with Crippen molar-refractivity contribution in [3.05, 3.63) is 34.3 Å². The Morgan fingerprint density at radius 2 is 1.95 bits per heavy atom. The highest BCUT2D eigenvalue weighted by Crippen LogP contribution is 2.27. The van der Waals surface area contributed by atoms with Gasteiger partial charge in [-0.25, -0.2) is 0 Å². The normalized spacial score (nSPS) is 24.5. The van der Waals surface area contributed by atoms with E-state index in [1.54, 1.807) is 0 Å². The highest BCUT2D eigenvalue weighted by atomic mass is 79.9. The van der Waals surface area contributed by atoms with E-state index in [4.69, 9.17) is 0 Å². The van der Waals surface area contributed by atoms with Crippen LogP contribution in [-0.2, 0) is 4.79 Å². The summed E-state index contributed by atoms with van der Waals surface area (Å²) in [7, 11) is 0. The number of piperazine rings is 1. The van der Waals surface area contributed by atoms with E-state index < -0.39 is 0 Å². The van der Waals surface area contributed by atoms with Crippen LogP contribution in [0.1, 0.15) is 38.7 Å². The summed E-state index contributed by atoms with van der Waals surface area (Å²) in [5.41, 5.74) is 1.21. The van der Waals surface area contributed by atoms with Crippen LogP contribution in [0.2, 0.25) is 0 Å². The van der Waals surface area contributed by atoms with Crippen LogP contribution in [0.15, 0.2) is 28.7 Å². The van der Waals surface area contributed by atoms with E-state index in [-0.39, 0.29) is 11.8 Å². The first-order valence-electron chi connectivity index (χ1n) is 7.25. The molecule has 0 bridgehead atoms. The minimum absolute atomic E-state index is 0.235. The average Bonchev–Trinajstić information content (AvgIpc) is 2.37. The Kier molecular flexibility index (Phi) is 5.22. The minimum atomic E-state index is 0.235. The molecule has 0 unspecified atom stereocenters. The largest absolute Gasteiger partial charge is 0.340 e. The van der Waals surface area contributed by atoms with E-state index in [1.807, 2.05) is 23.1 Å². The van der Waals surface area contributed by atoms with E-state index in [2.05, 4.69) is 48.1 Å². The van der Waals surface area contributed by atoms with Crippen LogP contribution in [0.25, 0.3) is 0 Å². The Bertz CT molecular complexity index is 467. The molecule has 2 rings (SSSR count). The highest BCUT2D eigenvalue weighted by Gasteiger charge is 2.26. The zero-order valence-corrected chi connectivity index (χ0v) is 14.0. The molecular formula is C16H23BrN2O. The maximum atomic E-state index is 12.5. The molecular weight excluding hydrogens is 316 g/mol. The van der Waals surface area contributed by atoms with Crippen LogP contribution in [0, 0.1) is 0 Å². The number of benzene rings is 1. The molecule has 3 atom stereocenters. The van der Waals surface area contributed by atoms with Crippen LogP contribution in [0.5, 0.6) is 0 Å². The third-order valence-corrected chi connectivity index (χ3v) is 4.55. The van der Waals surface area contributed by atoms with Crippen molar-refractivity contribution >= 4 is 21.8 Å². The number of nitrogens with zero attached hydrogens (tertiary/aromatic N) is 1. The lowest BCUT2D eigenvalue weighted by Gasteiger charge is -2.36. The SMILES string of the molecule is C[C@@H]1CN(C(=O)C[C@@H](C)c2ccccc2Br)C[C@H](C)N1. The first-order chi connectivity index (χ1) is 9.47. The summed E-state index contributed by atoms with van der Waals surface area (Å²) in [5.74, 6) is 0.493. The molecule has 1 aliphatic rings. The number of rotatable bonds is 3. The predicted molar refractivity (Wildman–Crippen MR) is 85.8 cm³/mol. The van der Waals surface area contributed by atoms with Gasteiger partial charge in [0.1, 0.15) is 0 Å². The van der Waals surface area contributed by atoms with E-state index in [0.717, 1.165) is 17.6 Å². The molecule has 1 aliphatic heterocycles. The summed E-state index contributed by atoms with van der Waals surface area (Å²) < 4.78 is 1.09. The Hall–Kier alpha value is -0.870. The fraction of sp³-hybridized carbons (Fsp3) is 0.562. The van der Waals surface area contributed by atoms with Crippen molar-refractivity contribution in [2.75, 3.05) is 13.1 Å². The fourth-order valence-corrected chi connectivity index (χ4v) is 3.58. The third-order valence-electron chi connectivity index (χ3n) is 3.83. The number of hydrogen-bond acceptors (Lipinski definition) is 2. The summed E-state index contributed by atoms with van der Waals surface area (Å²) in [6.07, 6.45) is 0.571. The molecule has 0 saturated carbocycles. The molecule has 0 aliphatic carbocycles. The van der Waals surface area contributed by atoms with E-state index in [9.17, 15) is 4.79 Å². The monoisotopic (exact) mass is 338 g/mol. The van der Waals surface area contributed by atoms with Gasteiger partial charge in [0.25, 0.3) is 0 Å². The smallest absolute Gasteiger partial charge is 0.223 e. The number of carbonyl (C=O) groups is 1. The molecule has 0 aromatic heterocycles. The maximum Gasteiger partial charge on any atom is 0.223 e. The van der Waals surface area contributed by atoms with Gasteiger partial charge < -0.3 is 10.2 Å². The molecule has 4 heteroatoms. The predicted octanol–water partition coefficient (Wildman–Crippen LogP) is 3.15. The second-order valence-corrected chi connectivity index (χ2v) is 6.75. The van der Waals surface area contributed by atoms with Crippen molar-refractivity contribution in [1.29, 1.82) is 0 Å². The second kappa shape index (κ2) is 6.72. The van der Waals surface area contributed by atoms with Crippen LogP contribution in [-0.4, -0.2) is 36.0 Å². The van der Waals surface area contributed by atoms with Crippen LogP contribution < -0.4 is 5.32 Å². The number of halogens is 1. The molecule has 1 saturated heterocycles. The quantitative estimate of drug-likeness (QED) is 0.918. The Labute approximate surface area is 129 Å². The molecule has 1 aromatic carbocycles. The van der Waals surface area contributed by atoms with Crippen molar-refractivity contribution in [1.82, 2.24) is 10.2 Å². The lowest BCUT2D eigenvalue weighted by Crippen LogP contribution is -2.55. The third kappa shape index (κ3) is 3.83. The number of amides is 1. The first kappa shape index (κ1) is 15.5. The average molecular weight is 339 g/mol. The van der Waals surface area contributed by atoms with Crippen LogP contribution in [0.3, 0.4) is 0 Å². The summed E-state index contributed by atoms with van der Waals surface area (Å²) in [6, 6.07) is 8.90. The molecule has 1 N–H and O–H groups in total. The Balaban J connectivity index is 1.99. The molecule has 3 nitrogen and oxygen atoms in total. The summed E-state index contributed by atoms with van der Waals surface area (Å²) in [4.78, 5) is 14.5. The van der Waals surface area contributed by atoms with Gasteiger partial charge in [-0.15, -0.1) is 0 Å². The number of carbonyl (C=O) groups excluding carboxylic acids is 1. The molecule has 0 spiro atoms. The molecule has 0 radical (unpaired) electrons. The van der Waals surface area contributed by atoms with Gasteiger partial charge in [-0.1, -0.05) is 41.1 Å². The zero-order chi connectivity index (χ0) is 14.7. The molecule has 1 heterocycles. The molecule has 1 fully saturated rings. The van der Waals surface area contributed by atoms with E-state index in [0.29, 0.717) is 18.5 Å². The van der Waals surface area contributed by atoms with Gasteiger partial charge in [-0.3, -0.25) is 4.79 Å². The van der Waals surface area contributed by atoms with Crippen LogP contribution >= 0.6 is 15.9 Å². The second-order valence-electron chi connectivity index (χ2n) is 5.89. The molecule has 110 valence electrons. The number of hydrogen-bond donors (Lipinski definition) is 1. The van der Waals surface area contributed by atoms with Crippen molar-refractivity contribution < 1.29 is 4.79 Å². The number of nitrogens with one attached hydrogen (secondary N) is 1. The van der Waals surface area contributed by atoms with Gasteiger partial charge in [-0.2, -0.15) is 0 Å². The summed E-state index contributed by atoms with van der Waals surface area (Å²) >= 11 is 3.57. The topological polar surface area (TPSA) is 32.3 Å². The lowest BCUT2D eigenvalue weighted by atomic mass is 9.97. The minimum Gasteiger partial charge on any atom is -0.340 e. The first-order valence-corrected chi connectivity index (χ1v) is 8.05. The molecule has 1 amide bonds. The maximum absolute atomic E-state index is 12.5. The fourth-order valence-electron chi connectivity index (χ4n) is 2.91. The van der Waals surface area contributed by atoms with Gasteiger partial charge in [-0.05, 0) is 31.4 Å². The molecule has 1 aromatic rings. The van der Waals surface area contributed by atoms with Crippen molar-refractivity contribution in [2.45, 2.75) is 45.2 Å². The Morgan fingerprint density at radius 1 is 1.35 bits per heavy atom. The molecule has 20 heavy (non-hydrogen) atoms. The van der Waals surface area contributed by atoms with Crippen LogP contribution in [0.4, 0.5) is 0 Å². The summed E-state index contributed by atoms with van der Waals surface area (Å²) in [6.45, 7) is 8.01. The van der Waals surface area contributed by atoms with E-state index in [1.165, 1.54) is 5.56 Å². The van der Waals surface area contributed by atoms with Crippen molar-refractivity contribution in [2.24, 2.45) is 0 Å².